The molecular formula is C24H31N5O5. The number of rotatable bonds is 10. The van der Waals surface area contributed by atoms with Gasteiger partial charge in [-0.2, -0.15) is 0 Å². The minimum atomic E-state index is -0.744. The van der Waals surface area contributed by atoms with Crippen LogP contribution in [-0.4, -0.2) is 47.7 Å². The van der Waals surface area contributed by atoms with Gasteiger partial charge in [0.25, 0.3) is 17.4 Å². The van der Waals surface area contributed by atoms with Gasteiger partial charge in [0.15, 0.2) is 5.69 Å². The number of aromatic amines is 1. The highest BCUT2D eigenvalue weighted by molar-refractivity contribution is 6.05. The lowest BCUT2D eigenvalue weighted by Gasteiger charge is -2.23. The molecule has 0 spiro atoms. The number of hydrogen-bond donors (Lipinski definition) is 3. The van der Waals surface area contributed by atoms with Gasteiger partial charge in [-0.15, -0.1) is 0 Å². The van der Waals surface area contributed by atoms with Crippen LogP contribution in [-0.2, 0) is 16.1 Å². The molecule has 1 aromatic carbocycles. The van der Waals surface area contributed by atoms with Crippen LogP contribution < -0.4 is 27.2 Å². The Hall–Kier alpha value is -3.66. The number of carbonyl (C=O) groups is 2. The normalized spacial score (nSPS) is 13.4. The lowest BCUT2D eigenvalue weighted by Crippen LogP contribution is -2.42. The van der Waals surface area contributed by atoms with Gasteiger partial charge >= 0.3 is 5.69 Å². The van der Waals surface area contributed by atoms with Crippen LogP contribution >= 0.6 is 0 Å². The third kappa shape index (κ3) is 6.22. The largest absolute Gasteiger partial charge is 0.383 e. The van der Waals surface area contributed by atoms with Crippen LogP contribution in [0.4, 0.5) is 11.5 Å². The second kappa shape index (κ2) is 11.0. The summed E-state index contributed by atoms with van der Waals surface area (Å²) in [5, 5.41) is 2.92. The second-order valence-electron chi connectivity index (χ2n) is 8.68. The van der Waals surface area contributed by atoms with Gasteiger partial charge in [-0.3, -0.25) is 28.8 Å². The minimum Gasteiger partial charge on any atom is -0.383 e. The van der Waals surface area contributed by atoms with Crippen molar-refractivity contribution in [2.75, 3.05) is 30.9 Å². The minimum absolute atomic E-state index is 0.0626. The highest BCUT2D eigenvalue weighted by atomic mass is 16.5. The van der Waals surface area contributed by atoms with E-state index in [1.807, 2.05) is 13.8 Å². The number of nitrogen functional groups attached to an aromatic ring is 1. The molecule has 2 aromatic rings. The van der Waals surface area contributed by atoms with E-state index in [-0.39, 0.29) is 49.1 Å². The number of ether oxygens (including phenoxy) is 1. The molecule has 10 heteroatoms. The third-order valence-electron chi connectivity index (χ3n) is 5.32. The van der Waals surface area contributed by atoms with Crippen molar-refractivity contribution in [3.8, 4) is 0 Å². The van der Waals surface area contributed by atoms with E-state index in [1.54, 1.807) is 30.3 Å². The van der Waals surface area contributed by atoms with E-state index < -0.39 is 17.2 Å². The summed E-state index contributed by atoms with van der Waals surface area (Å²) in [5.41, 5.74) is 5.96. The molecule has 1 fully saturated rings. The molecule has 0 radical (unpaired) electrons. The number of carbonyl (C=O) groups excluding carboxylic acids is 2. The lowest BCUT2D eigenvalue weighted by atomic mass is 10.1. The molecule has 2 amide bonds. The standard InChI is InChI=1S/C24H31N5O5/c1-15(2)14-29-21(25)20(23(32)27-24(29)33)28(12-13-34-3)19(30)11-6-16-4-7-17(8-5-16)22(31)26-18-9-10-18/h4-8,11,15,18H,9-10,12-14,25H2,1-3H3,(H,26,31)(H,27,32,33)/b11-6+. The van der Waals surface area contributed by atoms with Gasteiger partial charge in [0, 0.05) is 37.9 Å². The van der Waals surface area contributed by atoms with Crippen LogP contribution in [0, 0.1) is 5.92 Å². The molecule has 4 N–H and O–H groups in total. The molecule has 1 heterocycles. The van der Waals surface area contributed by atoms with E-state index in [0.29, 0.717) is 11.1 Å². The smallest absolute Gasteiger partial charge is 0.330 e. The molecule has 34 heavy (non-hydrogen) atoms. The predicted molar refractivity (Wildman–Crippen MR) is 131 cm³/mol. The zero-order valence-electron chi connectivity index (χ0n) is 19.7. The number of nitrogens with two attached hydrogens (primary N) is 1. The van der Waals surface area contributed by atoms with Crippen molar-refractivity contribution < 1.29 is 14.3 Å². The summed E-state index contributed by atoms with van der Waals surface area (Å²) < 4.78 is 6.35. The van der Waals surface area contributed by atoms with E-state index in [4.69, 9.17) is 10.5 Å². The molecule has 0 bridgehead atoms. The Morgan fingerprint density at radius 1 is 1.26 bits per heavy atom. The first kappa shape index (κ1) is 25.0. The maximum atomic E-state index is 13.1. The Kier molecular flexibility index (Phi) is 8.06. The number of hydrogen-bond acceptors (Lipinski definition) is 6. The monoisotopic (exact) mass is 469 g/mol. The number of H-pyrrole nitrogens is 1. The quantitative estimate of drug-likeness (QED) is 0.449. The summed E-state index contributed by atoms with van der Waals surface area (Å²) >= 11 is 0. The first-order valence-corrected chi connectivity index (χ1v) is 11.2. The zero-order chi connectivity index (χ0) is 24.8. The highest BCUT2D eigenvalue weighted by Crippen LogP contribution is 2.20. The van der Waals surface area contributed by atoms with E-state index in [1.165, 1.54) is 22.7 Å². The van der Waals surface area contributed by atoms with Crippen LogP contribution in [0.3, 0.4) is 0 Å². The van der Waals surface area contributed by atoms with E-state index in [9.17, 15) is 19.2 Å². The maximum absolute atomic E-state index is 13.1. The first-order chi connectivity index (χ1) is 16.2. The third-order valence-corrected chi connectivity index (χ3v) is 5.32. The van der Waals surface area contributed by atoms with E-state index >= 15 is 0 Å². The van der Waals surface area contributed by atoms with Crippen LogP contribution in [0.15, 0.2) is 39.9 Å². The summed E-state index contributed by atoms with van der Waals surface area (Å²) in [5.74, 6) is -0.604. The fraction of sp³-hybridized carbons (Fsp3) is 0.417. The lowest BCUT2D eigenvalue weighted by molar-refractivity contribution is -0.114. The molecular weight excluding hydrogens is 438 g/mol. The summed E-state index contributed by atoms with van der Waals surface area (Å²) in [6.07, 6.45) is 4.91. The zero-order valence-corrected chi connectivity index (χ0v) is 19.7. The van der Waals surface area contributed by atoms with Gasteiger partial charge in [-0.25, -0.2) is 4.79 Å². The number of aromatic nitrogens is 2. The van der Waals surface area contributed by atoms with Crippen molar-refractivity contribution in [1.82, 2.24) is 14.9 Å². The average Bonchev–Trinajstić information content (AvgIpc) is 3.61. The van der Waals surface area contributed by atoms with Crippen molar-refractivity contribution in [3.63, 3.8) is 0 Å². The Labute approximate surface area is 197 Å². The van der Waals surface area contributed by atoms with Gasteiger partial charge in [0.2, 0.25) is 0 Å². The summed E-state index contributed by atoms with van der Waals surface area (Å²) in [7, 11) is 1.48. The second-order valence-corrected chi connectivity index (χ2v) is 8.68. The van der Waals surface area contributed by atoms with Crippen LogP contribution in [0.2, 0.25) is 0 Å². The van der Waals surface area contributed by atoms with Gasteiger partial charge in [0.1, 0.15) is 5.82 Å². The highest BCUT2D eigenvalue weighted by Gasteiger charge is 2.24. The molecule has 0 aliphatic heterocycles. The molecule has 1 aromatic heterocycles. The summed E-state index contributed by atoms with van der Waals surface area (Å²) in [6, 6.07) is 7.11. The topological polar surface area (TPSA) is 140 Å². The number of anilines is 2. The van der Waals surface area contributed by atoms with Crippen molar-refractivity contribution in [1.29, 1.82) is 0 Å². The fourth-order valence-corrected chi connectivity index (χ4v) is 3.40. The summed E-state index contributed by atoms with van der Waals surface area (Å²) in [4.78, 5) is 53.5. The average molecular weight is 470 g/mol. The molecule has 0 saturated heterocycles. The Bertz CT molecular complexity index is 1180. The van der Waals surface area contributed by atoms with Gasteiger partial charge in [-0.05, 0) is 42.5 Å². The van der Waals surface area contributed by atoms with Gasteiger partial charge < -0.3 is 15.8 Å². The Balaban J connectivity index is 1.85. The van der Waals surface area contributed by atoms with Crippen LogP contribution in [0.1, 0.15) is 42.6 Å². The molecule has 3 rings (SSSR count). The molecule has 182 valence electrons. The number of amides is 2. The van der Waals surface area contributed by atoms with Gasteiger partial charge in [0.05, 0.1) is 6.61 Å². The number of benzene rings is 1. The predicted octanol–water partition coefficient (Wildman–Crippen LogP) is 1.36. The molecule has 1 saturated carbocycles. The molecule has 10 nitrogen and oxygen atoms in total. The Morgan fingerprint density at radius 3 is 2.53 bits per heavy atom. The first-order valence-electron chi connectivity index (χ1n) is 11.2. The molecule has 0 unspecified atom stereocenters. The Morgan fingerprint density at radius 2 is 1.94 bits per heavy atom. The SMILES string of the molecule is COCCN(C(=O)/C=C/c1ccc(C(=O)NC2CC2)cc1)c1c(N)n(CC(C)C)c(=O)[nH]c1=O. The summed E-state index contributed by atoms with van der Waals surface area (Å²) in [6.45, 7) is 4.33. The maximum Gasteiger partial charge on any atom is 0.330 e. The van der Waals surface area contributed by atoms with Crippen molar-refractivity contribution in [2.24, 2.45) is 5.92 Å². The van der Waals surface area contributed by atoms with E-state index in [0.717, 1.165) is 12.8 Å². The number of methoxy groups -OCH3 is 1. The van der Waals surface area contributed by atoms with Crippen molar-refractivity contribution >= 4 is 29.4 Å². The number of nitrogens with zero attached hydrogens (tertiary/aromatic N) is 2. The molecule has 0 atom stereocenters. The van der Waals surface area contributed by atoms with Gasteiger partial charge in [-0.1, -0.05) is 26.0 Å². The number of nitrogens with one attached hydrogen (secondary N) is 2. The van der Waals surface area contributed by atoms with Crippen molar-refractivity contribution in [2.45, 2.75) is 39.3 Å². The van der Waals surface area contributed by atoms with Crippen molar-refractivity contribution in [3.05, 3.63) is 62.3 Å². The van der Waals surface area contributed by atoms with Crippen LogP contribution in [0.5, 0.6) is 0 Å². The molecule has 1 aliphatic rings. The fourth-order valence-electron chi connectivity index (χ4n) is 3.40. The van der Waals surface area contributed by atoms with Crippen LogP contribution in [0.25, 0.3) is 6.08 Å². The molecule has 1 aliphatic carbocycles. The van der Waals surface area contributed by atoms with E-state index in [2.05, 4.69) is 10.3 Å².